The molecule has 0 spiro atoms. The third kappa shape index (κ3) is 5.15. The van der Waals surface area contributed by atoms with E-state index >= 15 is 0 Å². The summed E-state index contributed by atoms with van der Waals surface area (Å²) in [5, 5.41) is 0. The van der Waals surface area contributed by atoms with Gasteiger partial charge in [-0.3, -0.25) is 4.99 Å². The monoisotopic (exact) mass is 110 g/mol. The molecule has 0 aliphatic rings. The molecule has 0 amide bonds. The highest BCUT2D eigenvalue weighted by molar-refractivity contribution is 5.65. The normalized spacial score (nSPS) is 12.8. The fraction of sp³-hybridized carbons (Fsp3) is 0.286. The van der Waals surface area contributed by atoms with Gasteiger partial charge in [0.05, 0.1) is 0 Å². The summed E-state index contributed by atoms with van der Waals surface area (Å²) in [6, 6.07) is 0. The van der Waals surface area contributed by atoms with Gasteiger partial charge >= 0.3 is 0 Å². The molecule has 0 atom stereocenters. The van der Waals surface area contributed by atoms with E-state index in [1.54, 1.807) is 0 Å². The van der Waals surface area contributed by atoms with Gasteiger partial charge in [-0.25, -0.2) is 0 Å². The first-order valence-corrected chi connectivity index (χ1v) is 2.70. The van der Waals surface area contributed by atoms with E-state index in [0.29, 0.717) is 0 Å². The van der Waals surface area contributed by atoms with Crippen LogP contribution in [0.5, 0.6) is 0 Å². The SMILES string of the molecule is C/C=C/C=C/C=[NH+]C. The molecule has 0 bridgehead atoms. The van der Waals surface area contributed by atoms with Crippen molar-refractivity contribution in [2.24, 2.45) is 0 Å². The molecule has 0 fully saturated rings. The Kier molecular flexibility index (Phi) is 5.50. The van der Waals surface area contributed by atoms with Gasteiger partial charge < -0.3 is 0 Å². The maximum absolute atomic E-state index is 2.88. The van der Waals surface area contributed by atoms with E-state index in [9.17, 15) is 0 Å². The lowest BCUT2D eigenvalue weighted by Crippen LogP contribution is -2.62. The second-order valence-corrected chi connectivity index (χ2v) is 1.37. The highest BCUT2D eigenvalue weighted by atomic mass is 14.6. The molecule has 0 radical (unpaired) electrons. The lowest BCUT2D eigenvalue weighted by molar-refractivity contribution is -0.413. The first kappa shape index (κ1) is 7.15. The van der Waals surface area contributed by atoms with E-state index < -0.39 is 0 Å². The molecular formula is C7H12N+. The number of hydrogen-bond acceptors (Lipinski definition) is 0. The predicted molar refractivity (Wildman–Crippen MR) is 36.9 cm³/mol. The largest absolute Gasteiger partial charge is 0.251 e. The minimum Gasteiger partial charge on any atom is -0.251 e. The van der Waals surface area contributed by atoms with Crippen molar-refractivity contribution in [1.29, 1.82) is 0 Å². The second-order valence-electron chi connectivity index (χ2n) is 1.37. The summed E-state index contributed by atoms with van der Waals surface area (Å²) in [5.41, 5.74) is 0. The average molecular weight is 110 g/mol. The maximum Gasteiger partial charge on any atom is 0.161 e. The maximum atomic E-state index is 2.88. The summed E-state index contributed by atoms with van der Waals surface area (Å²) in [6.45, 7) is 1.99. The number of allylic oxidation sites excluding steroid dienone is 4. The molecule has 0 aliphatic carbocycles. The van der Waals surface area contributed by atoms with E-state index in [2.05, 4.69) is 4.99 Å². The van der Waals surface area contributed by atoms with Gasteiger partial charge in [0.2, 0.25) is 0 Å². The summed E-state index contributed by atoms with van der Waals surface area (Å²) >= 11 is 0. The Bertz CT molecular complexity index is 95.6. The average Bonchev–Trinajstić information content (AvgIpc) is 1.81. The van der Waals surface area contributed by atoms with Gasteiger partial charge in [0, 0.05) is 6.08 Å². The summed E-state index contributed by atoms with van der Waals surface area (Å²) in [7, 11) is 1.88. The Morgan fingerprint density at radius 3 is 2.38 bits per heavy atom. The topological polar surface area (TPSA) is 14.0 Å². The Labute approximate surface area is 50.4 Å². The van der Waals surface area contributed by atoms with E-state index in [-0.39, 0.29) is 0 Å². The lowest BCUT2D eigenvalue weighted by Gasteiger charge is -1.64. The molecular weight excluding hydrogens is 98.1 g/mol. The van der Waals surface area contributed by atoms with E-state index in [1.165, 1.54) is 0 Å². The number of hydrogen-bond donors (Lipinski definition) is 1. The van der Waals surface area contributed by atoms with Crippen molar-refractivity contribution >= 4 is 6.21 Å². The smallest absolute Gasteiger partial charge is 0.161 e. The van der Waals surface area contributed by atoms with Crippen molar-refractivity contribution in [1.82, 2.24) is 0 Å². The van der Waals surface area contributed by atoms with Crippen LogP contribution in [0.2, 0.25) is 0 Å². The van der Waals surface area contributed by atoms with Gasteiger partial charge in [-0.05, 0) is 6.92 Å². The second kappa shape index (κ2) is 6.15. The standard InChI is InChI=1S/C7H11N/c1-3-4-5-6-7-8-2/h3-7H,1-2H3/p+1/b4-3+,6-5+,8-7?. The van der Waals surface area contributed by atoms with Crippen molar-refractivity contribution in [3.05, 3.63) is 24.3 Å². The Morgan fingerprint density at radius 1 is 1.12 bits per heavy atom. The molecule has 0 heterocycles. The van der Waals surface area contributed by atoms with Crippen molar-refractivity contribution in [3.8, 4) is 0 Å². The molecule has 0 rings (SSSR count). The van der Waals surface area contributed by atoms with Gasteiger partial charge in [0.1, 0.15) is 7.05 Å². The van der Waals surface area contributed by atoms with E-state index in [4.69, 9.17) is 0 Å². The minimum absolute atomic E-state index is 1.88. The summed E-state index contributed by atoms with van der Waals surface area (Å²) in [6.07, 6.45) is 9.75. The third-order valence-corrected chi connectivity index (χ3v) is 0.678. The molecule has 0 saturated heterocycles. The molecule has 0 unspecified atom stereocenters. The molecule has 0 aromatic rings. The molecule has 8 heavy (non-hydrogen) atoms. The first-order valence-electron chi connectivity index (χ1n) is 2.70. The molecule has 0 aliphatic heterocycles. The van der Waals surface area contributed by atoms with Crippen LogP contribution in [0, 0.1) is 0 Å². The van der Waals surface area contributed by atoms with Crippen molar-refractivity contribution in [3.63, 3.8) is 0 Å². The highest BCUT2D eigenvalue weighted by Crippen LogP contribution is 1.69. The van der Waals surface area contributed by atoms with Crippen LogP contribution in [0.4, 0.5) is 0 Å². The third-order valence-electron chi connectivity index (χ3n) is 0.678. The summed E-state index contributed by atoms with van der Waals surface area (Å²) in [5.74, 6) is 0. The van der Waals surface area contributed by atoms with Crippen LogP contribution in [0.1, 0.15) is 6.92 Å². The fourth-order valence-corrected chi connectivity index (χ4v) is 0.327. The molecule has 0 aromatic heterocycles. The zero-order chi connectivity index (χ0) is 6.24. The number of nitrogens with one attached hydrogen (secondary N) is 1. The van der Waals surface area contributed by atoms with E-state index in [0.717, 1.165) is 0 Å². The first-order chi connectivity index (χ1) is 3.91. The number of rotatable bonds is 2. The zero-order valence-corrected chi connectivity index (χ0v) is 5.39. The van der Waals surface area contributed by atoms with Crippen LogP contribution in [0.25, 0.3) is 0 Å². The van der Waals surface area contributed by atoms with Gasteiger partial charge in [0.15, 0.2) is 6.21 Å². The molecule has 0 saturated carbocycles. The van der Waals surface area contributed by atoms with Crippen molar-refractivity contribution in [2.45, 2.75) is 6.92 Å². The Hall–Kier alpha value is -0.850. The predicted octanol–water partition coefficient (Wildman–Crippen LogP) is -0.100. The lowest BCUT2D eigenvalue weighted by atomic mass is 10.4. The van der Waals surface area contributed by atoms with Crippen LogP contribution in [0.3, 0.4) is 0 Å². The van der Waals surface area contributed by atoms with Crippen LogP contribution in [-0.2, 0) is 0 Å². The molecule has 1 nitrogen and oxygen atoms in total. The van der Waals surface area contributed by atoms with Crippen molar-refractivity contribution in [2.75, 3.05) is 7.05 Å². The Morgan fingerprint density at radius 2 is 1.88 bits per heavy atom. The minimum atomic E-state index is 1.88. The molecule has 0 aromatic carbocycles. The van der Waals surface area contributed by atoms with Crippen LogP contribution < -0.4 is 4.99 Å². The van der Waals surface area contributed by atoms with Crippen LogP contribution in [0.15, 0.2) is 24.3 Å². The Balaban J connectivity index is 3.35. The van der Waals surface area contributed by atoms with Crippen molar-refractivity contribution < 1.29 is 4.99 Å². The summed E-state index contributed by atoms with van der Waals surface area (Å²) < 4.78 is 0. The van der Waals surface area contributed by atoms with E-state index in [1.807, 2.05) is 44.5 Å². The quantitative estimate of drug-likeness (QED) is 0.377. The van der Waals surface area contributed by atoms with Crippen LogP contribution >= 0.6 is 0 Å². The molecule has 1 N–H and O–H groups in total. The highest BCUT2D eigenvalue weighted by Gasteiger charge is 1.60. The zero-order valence-electron chi connectivity index (χ0n) is 5.39. The van der Waals surface area contributed by atoms with Gasteiger partial charge in [-0.2, -0.15) is 0 Å². The molecule has 1 heteroatoms. The summed E-state index contributed by atoms with van der Waals surface area (Å²) in [4.78, 5) is 2.88. The molecule has 44 valence electrons. The van der Waals surface area contributed by atoms with Gasteiger partial charge in [0.25, 0.3) is 0 Å². The van der Waals surface area contributed by atoms with Crippen LogP contribution in [-0.4, -0.2) is 13.3 Å². The van der Waals surface area contributed by atoms with Gasteiger partial charge in [-0.15, -0.1) is 0 Å². The fourth-order valence-electron chi connectivity index (χ4n) is 0.327. The van der Waals surface area contributed by atoms with Gasteiger partial charge in [-0.1, -0.05) is 18.2 Å².